The van der Waals surface area contributed by atoms with Crippen LogP contribution < -0.4 is 4.90 Å². The number of aromatic nitrogens is 2. The molecule has 0 N–H and O–H groups in total. The maximum atomic E-state index is 6.21. The van der Waals surface area contributed by atoms with Crippen molar-refractivity contribution >= 4 is 17.4 Å². The first-order valence-corrected chi connectivity index (χ1v) is 6.21. The van der Waals surface area contributed by atoms with Crippen LogP contribution in [0.1, 0.15) is 24.7 Å². The van der Waals surface area contributed by atoms with E-state index in [2.05, 4.69) is 21.8 Å². The molecule has 0 spiro atoms. The number of anilines is 1. The molecule has 2 rings (SSSR count). The second-order valence-electron chi connectivity index (χ2n) is 4.63. The number of halogens is 1. The molecule has 4 heteroatoms. The van der Waals surface area contributed by atoms with Crippen molar-refractivity contribution in [3.63, 3.8) is 0 Å². The third-order valence-electron chi connectivity index (χ3n) is 3.30. The van der Waals surface area contributed by atoms with Crippen LogP contribution in [0.5, 0.6) is 0 Å². The Morgan fingerprint density at radius 1 is 1.38 bits per heavy atom. The average Bonchev–Trinajstić information content (AvgIpc) is 2.26. The number of alkyl halides is 1. The highest BCUT2D eigenvalue weighted by Crippen LogP contribution is 2.25. The summed E-state index contributed by atoms with van der Waals surface area (Å²) in [5.41, 5.74) is 2.02. The van der Waals surface area contributed by atoms with Gasteiger partial charge in [0.05, 0.1) is 17.6 Å². The molecule has 3 nitrogen and oxygen atoms in total. The van der Waals surface area contributed by atoms with Crippen molar-refractivity contribution in [3.05, 3.63) is 17.6 Å². The largest absolute Gasteiger partial charge is 0.355 e. The molecular formula is C12H18ClN3. The van der Waals surface area contributed by atoms with Crippen LogP contribution in [-0.2, 0) is 0 Å². The fraction of sp³-hybridized carbons (Fsp3) is 0.667. The van der Waals surface area contributed by atoms with E-state index in [0.29, 0.717) is 11.3 Å². The highest BCUT2D eigenvalue weighted by Gasteiger charge is 2.25. The molecule has 0 amide bonds. The minimum atomic E-state index is 0.302. The molecule has 88 valence electrons. The van der Waals surface area contributed by atoms with Gasteiger partial charge in [-0.25, -0.2) is 4.98 Å². The summed E-state index contributed by atoms with van der Waals surface area (Å²) >= 11 is 6.21. The lowest BCUT2D eigenvalue weighted by atomic mass is 10.00. The molecule has 1 aromatic heterocycles. The van der Waals surface area contributed by atoms with Gasteiger partial charge in [0.1, 0.15) is 5.82 Å². The monoisotopic (exact) mass is 239 g/mol. The Morgan fingerprint density at radius 3 is 2.75 bits per heavy atom. The first-order chi connectivity index (χ1) is 7.58. The van der Waals surface area contributed by atoms with Crippen LogP contribution in [0.2, 0.25) is 0 Å². The van der Waals surface area contributed by atoms with E-state index in [-0.39, 0.29) is 0 Å². The quantitative estimate of drug-likeness (QED) is 0.706. The van der Waals surface area contributed by atoms with Crippen LogP contribution in [-0.4, -0.2) is 28.4 Å². The lowest BCUT2D eigenvalue weighted by Crippen LogP contribution is -2.40. The summed E-state index contributed by atoms with van der Waals surface area (Å²) in [5, 5.41) is 0.302. The first kappa shape index (κ1) is 11.6. The number of rotatable bonds is 1. The van der Waals surface area contributed by atoms with Crippen LogP contribution in [0.25, 0.3) is 0 Å². The predicted molar refractivity (Wildman–Crippen MR) is 67.1 cm³/mol. The molecule has 0 aromatic carbocycles. The van der Waals surface area contributed by atoms with Crippen molar-refractivity contribution in [2.75, 3.05) is 18.0 Å². The second-order valence-corrected chi connectivity index (χ2v) is 5.19. The van der Waals surface area contributed by atoms with Crippen molar-refractivity contribution in [2.45, 2.75) is 32.6 Å². The number of nitrogens with zero attached hydrogens (tertiary/aromatic N) is 3. The van der Waals surface area contributed by atoms with Gasteiger partial charge in [0.2, 0.25) is 0 Å². The van der Waals surface area contributed by atoms with Gasteiger partial charge in [0.25, 0.3) is 0 Å². The van der Waals surface area contributed by atoms with E-state index < -0.39 is 0 Å². The molecule has 1 fully saturated rings. The Bertz CT molecular complexity index is 381. The maximum Gasteiger partial charge on any atom is 0.147 e. The molecule has 2 heterocycles. The normalized spacial score (nSPS) is 25.9. The van der Waals surface area contributed by atoms with Crippen molar-refractivity contribution in [2.24, 2.45) is 5.92 Å². The Morgan fingerprint density at radius 2 is 2.12 bits per heavy atom. The molecule has 1 aliphatic heterocycles. The van der Waals surface area contributed by atoms with Gasteiger partial charge in [0, 0.05) is 18.5 Å². The van der Waals surface area contributed by atoms with E-state index in [1.54, 1.807) is 0 Å². The third-order valence-corrected chi connectivity index (χ3v) is 3.95. The SMILES string of the molecule is Cc1ncc(N2CCC(Cl)C(C)C2)nc1C. The Hall–Kier alpha value is -0.830. The van der Waals surface area contributed by atoms with Crippen LogP contribution in [0.15, 0.2) is 6.20 Å². The van der Waals surface area contributed by atoms with E-state index in [1.807, 2.05) is 20.0 Å². The maximum absolute atomic E-state index is 6.21. The van der Waals surface area contributed by atoms with Gasteiger partial charge in [-0.2, -0.15) is 0 Å². The molecule has 2 unspecified atom stereocenters. The molecule has 0 aliphatic carbocycles. The van der Waals surface area contributed by atoms with E-state index in [9.17, 15) is 0 Å². The Kier molecular flexibility index (Phi) is 3.33. The lowest BCUT2D eigenvalue weighted by Gasteiger charge is -2.34. The smallest absolute Gasteiger partial charge is 0.147 e. The Balaban J connectivity index is 2.15. The predicted octanol–water partition coefficient (Wildman–Crippen LogP) is 2.55. The molecule has 16 heavy (non-hydrogen) atoms. The molecule has 0 saturated carbocycles. The average molecular weight is 240 g/mol. The van der Waals surface area contributed by atoms with E-state index >= 15 is 0 Å². The van der Waals surface area contributed by atoms with Gasteiger partial charge in [-0.05, 0) is 26.2 Å². The van der Waals surface area contributed by atoms with Crippen molar-refractivity contribution in [3.8, 4) is 0 Å². The fourth-order valence-electron chi connectivity index (χ4n) is 2.01. The van der Waals surface area contributed by atoms with Crippen molar-refractivity contribution < 1.29 is 0 Å². The summed E-state index contributed by atoms with van der Waals surface area (Å²) in [6, 6.07) is 0. The van der Waals surface area contributed by atoms with Crippen LogP contribution in [0.3, 0.4) is 0 Å². The van der Waals surface area contributed by atoms with Gasteiger partial charge >= 0.3 is 0 Å². The van der Waals surface area contributed by atoms with E-state index in [1.165, 1.54) is 0 Å². The summed E-state index contributed by atoms with van der Waals surface area (Å²) in [6.07, 6.45) is 2.89. The summed E-state index contributed by atoms with van der Waals surface area (Å²) in [4.78, 5) is 11.2. The second kappa shape index (κ2) is 4.58. The molecule has 1 aliphatic rings. The highest BCUT2D eigenvalue weighted by atomic mass is 35.5. The summed E-state index contributed by atoms with van der Waals surface area (Å²) in [7, 11) is 0. The zero-order chi connectivity index (χ0) is 11.7. The van der Waals surface area contributed by atoms with E-state index in [0.717, 1.165) is 36.7 Å². The third kappa shape index (κ3) is 2.29. The van der Waals surface area contributed by atoms with Gasteiger partial charge in [-0.3, -0.25) is 4.98 Å². The van der Waals surface area contributed by atoms with Gasteiger partial charge in [-0.15, -0.1) is 11.6 Å². The first-order valence-electron chi connectivity index (χ1n) is 5.77. The minimum Gasteiger partial charge on any atom is -0.355 e. The number of aryl methyl sites for hydroxylation is 2. The summed E-state index contributed by atoms with van der Waals surface area (Å²) in [6.45, 7) is 8.14. The molecule has 1 saturated heterocycles. The van der Waals surface area contributed by atoms with Gasteiger partial charge < -0.3 is 4.90 Å². The number of hydrogen-bond acceptors (Lipinski definition) is 3. The zero-order valence-corrected chi connectivity index (χ0v) is 10.8. The minimum absolute atomic E-state index is 0.302. The van der Waals surface area contributed by atoms with Gasteiger partial charge in [0.15, 0.2) is 0 Å². The van der Waals surface area contributed by atoms with Gasteiger partial charge in [-0.1, -0.05) is 6.92 Å². The van der Waals surface area contributed by atoms with Crippen molar-refractivity contribution in [1.29, 1.82) is 0 Å². The summed E-state index contributed by atoms with van der Waals surface area (Å²) in [5.74, 6) is 1.50. The summed E-state index contributed by atoms with van der Waals surface area (Å²) < 4.78 is 0. The molecule has 2 atom stereocenters. The van der Waals surface area contributed by atoms with Crippen LogP contribution in [0.4, 0.5) is 5.82 Å². The van der Waals surface area contributed by atoms with E-state index in [4.69, 9.17) is 11.6 Å². The standard InChI is InChI=1S/C12H18ClN3/c1-8-7-16(5-4-11(8)13)12-6-14-9(2)10(3)15-12/h6,8,11H,4-5,7H2,1-3H3. The van der Waals surface area contributed by atoms with Crippen LogP contribution in [0, 0.1) is 19.8 Å². The topological polar surface area (TPSA) is 29.0 Å². The molecule has 1 aromatic rings. The van der Waals surface area contributed by atoms with Crippen molar-refractivity contribution in [1.82, 2.24) is 9.97 Å². The molecule has 0 bridgehead atoms. The number of hydrogen-bond donors (Lipinski definition) is 0. The fourth-order valence-corrected chi connectivity index (χ4v) is 2.18. The Labute approximate surface area is 102 Å². The molecular weight excluding hydrogens is 222 g/mol. The highest BCUT2D eigenvalue weighted by molar-refractivity contribution is 6.20. The molecule has 0 radical (unpaired) electrons. The zero-order valence-electron chi connectivity index (χ0n) is 10.1. The van der Waals surface area contributed by atoms with Crippen LogP contribution >= 0.6 is 11.6 Å². The number of piperidine rings is 1. The lowest BCUT2D eigenvalue weighted by molar-refractivity contribution is 0.451.